The van der Waals surface area contributed by atoms with E-state index in [9.17, 15) is 9.18 Å². The second-order valence-corrected chi connectivity index (χ2v) is 7.37. The fourth-order valence-electron chi connectivity index (χ4n) is 3.78. The molecule has 5 heteroatoms. The molecule has 2 aliphatic rings. The molecule has 1 N–H and O–H groups in total. The minimum atomic E-state index is -0.262. The van der Waals surface area contributed by atoms with Gasteiger partial charge in [-0.05, 0) is 63.9 Å². The number of hydrogen-bond donors (Lipinski definition) is 1. The molecule has 0 spiro atoms. The van der Waals surface area contributed by atoms with Gasteiger partial charge >= 0.3 is 0 Å². The van der Waals surface area contributed by atoms with Crippen LogP contribution in [0.15, 0.2) is 30.4 Å². The standard InChI is InChI=1S/C20H28FN3O/c1-23(2)17-9-11-24(12-10-17)19-8-7-16(14-18(19)21)22-20(25)13-15-5-3-4-6-15/h3,5,7-8,14-15,17H,4,6,9-13H2,1-2H3,(H,22,25)/t15-/m1/s1. The molecule has 1 aliphatic heterocycles. The van der Waals surface area contributed by atoms with Gasteiger partial charge in [0.15, 0.2) is 0 Å². The van der Waals surface area contributed by atoms with E-state index >= 15 is 0 Å². The summed E-state index contributed by atoms with van der Waals surface area (Å²) >= 11 is 0. The average molecular weight is 345 g/mol. The maximum atomic E-state index is 14.5. The molecule has 1 fully saturated rings. The molecule has 1 heterocycles. The van der Waals surface area contributed by atoms with E-state index in [1.807, 2.05) is 0 Å². The minimum Gasteiger partial charge on any atom is -0.369 e. The third kappa shape index (κ3) is 4.60. The molecule has 4 nitrogen and oxygen atoms in total. The van der Waals surface area contributed by atoms with Crippen molar-refractivity contribution in [1.29, 1.82) is 0 Å². The van der Waals surface area contributed by atoms with Crippen molar-refractivity contribution < 1.29 is 9.18 Å². The topological polar surface area (TPSA) is 35.6 Å². The largest absolute Gasteiger partial charge is 0.369 e. The molecule has 1 aromatic carbocycles. The number of halogens is 1. The Hall–Kier alpha value is -1.88. The van der Waals surface area contributed by atoms with E-state index in [4.69, 9.17) is 0 Å². The van der Waals surface area contributed by atoms with Crippen LogP contribution in [0.5, 0.6) is 0 Å². The summed E-state index contributed by atoms with van der Waals surface area (Å²) in [5, 5.41) is 2.82. The van der Waals surface area contributed by atoms with Crippen molar-refractivity contribution in [3.05, 3.63) is 36.2 Å². The zero-order chi connectivity index (χ0) is 17.8. The summed E-state index contributed by atoms with van der Waals surface area (Å²) in [7, 11) is 4.19. The van der Waals surface area contributed by atoms with Crippen LogP contribution in [0.25, 0.3) is 0 Å². The van der Waals surface area contributed by atoms with Crippen LogP contribution in [0, 0.1) is 11.7 Å². The summed E-state index contributed by atoms with van der Waals surface area (Å²) < 4.78 is 14.5. The van der Waals surface area contributed by atoms with Crippen LogP contribution in [0.2, 0.25) is 0 Å². The van der Waals surface area contributed by atoms with Crippen LogP contribution in [-0.4, -0.2) is 44.0 Å². The Morgan fingerprint density at radius 3 is 2.64 bits per heavy atom. The number of carbonyl (C=O) groups is 1. The van der Waals surface area contributed by atoms with Crippen molar-refractivity contribution in [3.63, 3.8) is 0 Å². The Morgan fingerprint density at radius 2 is 2.04 bits per heavy atom. The highest BCUT2D eigenvalue weighted by molar-refractivity contribution is 5.91. The smallest absolute Gasteiger partial charge is 0.224 e. The maximum Gasteiger partial charge on any atom is 0.224 e. The van der Waals surface area contributed by atoms with Crippen LogP contribution in [0.1, 0.15) is 32.1 Å². The van der Waals surface area contributed by atoms with Gasteiger partial charge < -0.3 is 15.1 Å². The van der Waals surface area contributed by atoms with Gasteiger partial charge in [0, 0.05) is 31.2 Å². The highest BCUT2D eigenvalue weighted by atomic mass is 19.1. The predicted molar refractivity (Wildman–Crippen MR) is 100 cm³/mol. The van der Waals surface area contributed by atoms with Crippen LogP contribution in [-0.2, 0) is 4.79 Å². The number of nitrogens with one attached hydrogen (secondary N) is 1. The third-order valence-corrected chi connectivity index (χ3v) is 5.33. The monoisotopic (exact) mass is 345 g/mol. The number of carbonyl (C=O) groups excluding carboxylic acids is 1. The van der Waals surface area contributed by atoms with Gasteiger partial charge in [0.2, 0.25) is 5.91 Å². The van der Waals surface area contributed by atoms with Crippen molar-refractivity contribution in [2.45, 2.75) is 38.1 Å². The number of rotatable bonds is 5. The van der Waals surface area contributed by atoms with Crippen LogP contribution < -0.4 is 10.2 Å². The van der Waals surface area contributed by atoms with Crippen LogP contribution in [0.4, 0.5) is 15.8 Å². The first kappa shape index (κ1) is 17.9. The molecule has 1 aromatic rings. The molecule has 1 atom stereocenters. The van der Waals surface area contributed by atoms with Crippen molar-refractivity contribution >= 4 is 17.3 Å². The lowest BCUT2D eigenvalue weighted by atomic mass is 10.0. The van der Waals surface area contributed by atoms with E-state index in [1.165, 1.54) is 6.07 Å². The number of hydrogen-bond acceptors (Lipinski definition) is 3. The molecule has 0 unspecified atom stereocenters. The van der Waals surface area contributed by atoms with Crippen molar-refractivity contribution in [3.8, 4) is 0 Å². The van der Waals surface area contributed by atoms with Gasteiger partial charge in [-0.1, -0.05) is 12.2 Å². The second-order valence-electron chi connectivity index (χ2n) is 7.37. The first-order valence-corrected chi connectivity index (χ1v) is 9.20. The van der Waals surface area contributed by atoms with E-state index in [0.717, 1.165) is 38.8 Å². The third-order valence-electron chi connectivity index (χ3n) is 5.33. The summed E-state index contributed by atoms with van der Waals surface area (Å²) in [5.74, 6) is 0.0134. The van der Waals surface area contributed by atoms with Crippen LogP contribution in [0.3, 0.4) is 0 Å². The van der Waals surface area contributed by atoms with E-state index in [0.29, 0.717) is 29.8 Å². The predicted octanol–water partition coefficient (Wildman–Crippen LogP) is 3.65. The molecule has 1 saturated heterocycles. The Labute approximate surface area is 149 Å². The molecule has 0 saturated carbocycles. The van der Waals surface area contributed by atoms with Gasteiger partial charge in [-0.25, -0.2) is 4.39 Å². The van der Waals surface area contributed by atoms with Gasteiger partial charge in [0.1, 0.15) is 5.82 Å². The summed E-state index contributed by atoms with van der Waals surface area (Å²) in [6.45, 7) is 1.72. The summed E-state index contributed by atoms with van der Waals surface area (Å²) in [6, 6.07) is 5.60. The Morgan fingerprint density at radius 1 is 1.28 bits per heavy atom. The van der Waals surface area contributed by atoms with E-state index < -0.39 is 0 Å². The molecule has 3 rings (SSSR count). The Kier molecular flexibility index (Phi) is 5.74. The van der Waals surface area contributed by atoms with Gasteiger partial charge in [0.05, 0.1) is 5.69 Å². The molecular formula is C20H28FN3O. The van der Waals surface area contributed by atoms with Crippen LogP contribution >= 0.6 is 0 Å². The zero-order valence-electron chi connectivity index (χ0n) is 15.2. The Balaban J connectivity index is 1.57. The number of anilines is 2. The number of piperidine rings is 1. The molecule has 25 heavy (non-hydrogen) atoms. The highest BCUT2D eigenvalue weighted by Gasteiger charge is 2.22. The normalized spacial score (nSPS) is 21.1. The van der Waals surface area contributed by atoms with E-state index in [1.54, 1.807) is 12.1 Å². The first-order chi connectivity index (χ1) is 12.0. The summed E-state index contributed by atoms with van der Waals surface area (Å²) in [5.41, 5.74) is 1.17. The van der Waals surface area contributed by atoms with Crippen molar-refractivity contribution in [1.82, 2.24) is 4.90 Å². The number of allylic oxidation sites excluding steroid dienone is 2. The van der Waals surface area contributed by atoms with Gasteiger partial charge in [-0.2, -0.15) is 0 Å². The molecule has 0 radical (unpaired) electrons. The lowest BCUT2D eigenvalue weighted by molar-refractivity contribution is -0.116. The second kappa shape index (κ2) is 8.00. The fraction of sp³-hybridized carbons (Fsp3) is 0.550. The van der Waals surface area contributed by atoms with Crippen molar-refractivity contribution in [2.75, 3.05) is 37.4 Å². The maximum absolute atomic E-state index is 14.5. The minimum absolute atomic E-state index is 0.0458. The molecule has 0 bridgehead atoms. The molecule has 1 aliphatic carbocycles. The van der Waals surface area contributed by atoms with E-state index in [-0.39, 0.29) is 11.7 Å². The summed E-state index contributed by atoms with van der Waals surface area (Å²) in [4.78, 5) is 16.4. The van der Waals surface area contributed by atoms with E-state index in [2.05, 4.69) is 41.4 Å². The molecule has 1 amide bonds. The average Bonchev–Trinajstić information content (AvgIpc) is 3.08. The van der Waals surface area contributed by atoms with Gasteiger partial charge in [-0.3, -0.25) is 4.79 Å². The fourth-order valence-corrected chi connectivity index (χ4v) is 3.78. The van der Waals surface area contributed by atoms with Gasteiger partial charge in [0.25, 0.3) is 0 Å². The zero-order valence-corrected chi connectivity index (χ0v) is 15.2. The Bertz CT molecular complexity index is 636. The molecule has 136 valence electrons. The first-order valence-electron chi connectivity index (χ1n) is 9.20. The lowest BCUT2D eigenvalue weighted by Crippen LogP contribution is -2.42. The highest BCUT2D eigenvalue weighted by Crippen LogP contribution is 2.27. The SMILES string of the molecule is CN(C)C1CCN(c2ccc(NC(=O)C[C@@H]3C=CCC3)cc2F)CC1. The van der Waals surface area contributed by atoms with Gasteiger partial charge in [-0.15, -0.1) is 0 Å². The van der Waals surface area contributed by atoms with Crippen molar-refractivity contribution in [2.24, 2.45) is 5.92 Å². The molecule has 0 aromatic heterocycles. The number of amides is 1. The summed E-state index contributed by atoms with van der Waals surface area (Å²) in [6.07, 6.45) is 8.85. The number of nitrogens with zero attached hydrogens (tertiary/aromatic N) is 2. The lowest BCUT2D eigenvalue weighted by Gasteiger charge is -2.36. The number of benzene rings is 1. The quantitative estimate of drug-likeness (QED) is 0.828. The molecular weight excluding hydrogens is 317 g/mol.